The molecule has 1 amide bonds. The predicted molar refractivity (Wildman–Crippen MR) is 187 cm³/mol. The molecule has 12 heteroatoms. The number of benzene rings is 3. The molecule has 0 aliphatic carbocycles. The maximum absolute atomic E-state index is 12.6. The topological polar surface area (TPSA) is 133 Å². The summed E-state index contributed by atoms with van der Waals surface area (Å²) in [6.45, 7) is 3.83. The second-order valence-corrected chi connectivity index (χ2v) is 14.1. The van der Waals surface area contributed by atoms with Crippen molar-refractivity contribution in [2.24, 2.45) is 0 Å². The van der Waals surface area contributed by atoms with Gasteiger partial charge in [0.2, 0.25) is 10.0 Å². The number of aromatic nitrogens is 1. The quantitative estimate of drug-likeness (QED) is 0.171. The Morgan fingerprint density at radius 2 is 1.80 bits per heavy atom. The summed E-state index contributed by atoms with van der Waals surface area (Å²) in [5.74, 6) is 0.272. The van der Waals surface area contributed by atoms with Crippen LogP contribution in [-0.4, -0.2) is 83.0 Å². The Bertz CT molecular complexity index is 1700. The molecule has 1 saturated heterocycles. The number of hydrogen-bond acceptors (Lipinski definition) is 7. The molecule has 10 nitrogen and oxygen atoms in total. The van der Waals surface area contributed by atoms with Crippen molar-refractivity contribution in [3.63, 3.8) is 0 Å². The van der Waals surface area contributed by atoms with Crippen LogP contribution in [0.5, 0.6) is 5.75 Å². The number of carbonyl (C=O) groups excluding carboxylic acids is 1. The van der Waals surface area contributed by atoms with Crippen molar-refractivity contribution in [2.45, 2.75) is 37.6 Å². The van der Waals surface area contributed by atoms with E-state index in [2.05, 4.69) is 49.1 Å². The lowest BCUT2D eigenvalue weighted by molar-refractivity contribution is 0.0906. The highest BCUT2D eigenvalue weighted by atomic mass is 35.5. The van der Waals surface area contributed by atoms with Crippen LogP contribution in [0.2, 0.25) is 5.02 Å². The number of amides is 1. The van der Waals surface area contributed by atoms with Crippen molar-refractivity contribution in [3.8, 4) is 5.75 Å². The van der Waals surface area contributed by atoms with Gasteiger partial charge in [-0.1, -0.05) is 48.0 Å². The molecule has 1 aromatic heterocycles. The molecule has 0 bridgehead atoms. The Morgan fingerprint density at radius 3 is 2.46 bits per heavy atom. The first-order valence-electron chi connectivity index (χ1n) is 15.3. The molecular formula is C34H45ClN6O4S. The number of nitrogens with one attached hydrogen (secondary N) is 3. The molecule has 0 radical (unpaired) electrons. The lowest BCUT2D eigenvalue weighted by Crippen LogP contribution is -2.44. The van der Waals surface area contributed by atoms with E-state index in [1.54, 1.807) is 12.1 Å². The Hall–Kier alpha value is -3.61. The van der Waals surface area contributed by atoms with Crippen LogP contribution >= 0.6 is 11.6 Å². The van der Waals surface area contributed by atoms with Gasteiger partial charge >= 0.3 is 0 Å². The number of nitrogens with zero attached hydrogens (tertiary/aromatic N) is 2. The molecule has 0 atom stereocenters. The average Bonchev–Trinajstić information content (AvgIpc) is 3.44. The number of carbonyl (C=O) groups is 1. The summed E-state index contributed by atoms with van der Waals surface area (Å²) in [5, 5.41) is 4.56. The molecule has 46 heavy (non-hydrogen) atoms. The number of methoxy groups -OCH3 is 1. The van der Waals surface area contributed by atoms with Crippen LogP contribution in [0.25, 0.3) is 10.9 Å². The summed E-state index contributed by atoms with van der Waals surface area (Å²) >= 11 is 6.06. The number of sulfonamides is 1. The number of aromatic amines is 1. The fourth-order valence-electron chi connectivity index (χ4n) is 5.41. The second-order valence-electron chi connectivity index (χ2n) is 11.8. The number of rotatable bonds is 11. The minimum absolute atomic E-state index is 0.0116. The Labute approximate surface area is 277 Å². The molecule has 5 N–H and O–H groups in total. The van der Waals surface area contributed by atoms with Gasteiger partial charge in [0.25, 0.3) is 5.91 Å². The van der Waals surface area contributed by atoms with Crippen molar-refractivity contribution in [3.05, 3.63) is 94.1 Å². The third-order valence-corrected chi connectivity index (χ3v) is 9.73. The molecule has 0 saturated carbocycles. The van der Waals surface area contributed by atoms with Gasteiger partial charge in [0.15, 0.2) is 0 Å². The third kappa shape index (κ3) is 9.94. The second kappa shape index (κ2) is 16.3. The molecule has 3 aromatic carbocycles. The maximum atomic E-state index is 12.6. The van der Waals surface area contributed by atoms with Crippen LogP contribution in [0.15, 0.2) is 66.9 Å². The summed E-state index contributed by atoms with van der Waals surface area (Å²) < 4.78 is 30.8. The molecule has 0 spiro atoms. The van der Waals surface area contributed by atoms with Crippen LogP contribution in [0.1, 0.15) is 39.9 Å². The Kier molecular flexibility index (Phi) is 12.5. The van der Waals surface area contributed by atoms with E-state index in [-0.39, 0.29) is 17.7 Å². The van der Waals surface area contributed by atoms with Gasteiger partial charge in [-0.05, 0) is 75.3 Å². The number of likely N-dealkylation sites (N-methyl/N-ethyl adjacent to an activating group) is 1. The van der Waals surface area contributed by atoms with Gasteiger partial charge in [0.05, 0.1) is 29.1 Å². The van der Waals surface area contributed by atoms with Gasteiger partial charge in [0.1, 0.15) is 5.75 Å². The van der Waals surface area contributed by atoms with Crippen LogP contribution in [0.3, 0.4) is 0 Å². The van der Waals surface area contributed by atoms with Crippen LogP contribution in [0.4, 0.5) is 5.69 Å². The third-order valence-electron chi connectivity index (χ3n) is 8.06. The lowest BCUT2D eigenvalue weighted by Gasteiger charge is -2.32. The number of nitrogen functional groups attached to an aromatic ring is 1. The molecule has 2 heterocycles. The highest BCUT2D eigenvalue weighted by Crippen LogP contribution is 2.29. The van der Waals surface area contributed by atoms with Crippen LogP contribution in [0, 0.1) is 0 Å². The largest absolute Gasteiger partial charge is 0.496 e. The number of ether oxygens (including phenoxy) is 1. The highest BCUT2D eigenvalue weighted by Gasteiger charge is 2.23. The number of halogens is 1. The zero-order valence-electron chi connectivity index (χ0n) is 27.0. The van der Waals surface area contributed by atoms with E-state index in [0.717, 1.165) is 61.9 Å². The van der Waals surface area contributed by atoms with Gasteiger partial charge in [-0.25, -0.2) is 13.1 Å². The van der Waals surface area contributed by atoms with Crippen molar-refractivity contribution in [2.75, 3.05) is 53.6 Å². The number of nitrogens with two attached hydrogens (primary N) is 1. The molecule has 1 aliphatic heterocycles. The molecule has 5 rings (SSSR count). The first kappa shape index (κ1) is 35.2. The molecular weight excluding hydrogens is 624 g/mol. The van der Waals surface area contributed by atoms with Gasteiger partial charge in [-0.15, -0.1) is 0 Å². The van der Waals surface area contributed by atoms with E-state index in [4.69, 9.17) is 22.1 Å². The van der Waals surface area contributed by atoms with Crippen molar-refractivity contribution in [1.82, 2.24) is 24.8 Å². The summed E-state index contributed by atoms with van der Waals surface area (Å²) in [7, 11) is 3.80. The summed E-state index contributed by atoms with van der Waals surface area (Å²) in [5.41, 5.74) is 11.0. The maximum Gasteiger partial charge on any atom is 0.255 e. The van der Waals surface area contributed by atoms with Gasteiger partial charge in [-0.2, -0.15) is 0 Å². The van der Waals surface area contributed by atoms with Crippen LogP contribution < -0.4 is 20.5 Å². The van der Waals surface area contributed by atoms with Crippen LogP contribution in [-0.2, 0) is 28.7 Å². The number of anilines is 1. The zero-order valence-corrected chi connectivity index (χ0v) is 28.5. The van der Waals surface area contributed by atoms with E-state index < -0.39 is 10.0 Å². The monoisotopic (exact) mass is 668 g/mol. The standard InChI is InChI=1S/C20H24ClN3O2.C14H21N3O2S/c1-26-19-12-18(22)17(21)11-16(19)20(25)23-15-7-9-24(10-8-15)13-14-5-3-2-4-6-14;1-15-20(18,19)10-11-4-5-14-13(8-11)12(9-16-14)6-7-17(2)3/h2-6,11-12,15H,7-10,13,22H2,1H3,(H,23,25);4-5,8-9,15-16H,6-7,10H2,1-3H3. The molecule has 4 aromatic rings. The smallest absolute Gasteiger partial charge is 0.255 e. The Balaban J connectivity index is 0.000000216. The number of fused-ring (bicyclic) bond motifs is 1. The first-order valence-corrected chi connectivity index (χ1v) is 17.4. The normalized spacial score (nSPS) is 14.2. The summed E-state index contributed by atoms with van der Waals surface area (Å²) in [6.07, 6.45) is 4.78. The van der Waals surface area contributed by atoms with E-state index in [0.29, 0.717) is 22.0 Å². The van der Waals surface area contributed by atoms with E-state index in [1.165, 1.54) is 25.3 Å². The fraction of sp³-hybridized carbons (Fsp3) is 0.382. The van der Waals surface area contributed by atoms with Gasteiger partial charge in [-0.3, -0.25) is 9.69 Å². The van der Waals surface area contributed by atoms with E-state index >= 15 is 0 Å². The van der Waals surface area contributed by atoms with Crippen molar-refractivity contribution in [1.29, 1.82) is 0 Å². The molecule has 1 aliphatic rings. The zero-order chi connectivity index (χ0) is 33.3. The number of hydrogen-bond donors (Lipinski definition) is 4. The fourth-order valence-corrected chi connectivity index (χ4v) is 6.34. The van der Waals surface area contributed by atoms with Gasteiger partial charge < -0.3 is 25.7 Å². The highest BCUT2D eigenvalue weighted by molar-refractivity contribution is 7.88. The minimum atomic E-state index is -3.23. The number of H-pyrrole nitrogens is 1. The van der Waals surface area contributed by atoms with Crippen molar-refractivity contribution < 1.29 is 17.9 Å². The summed E-state index contributed by atoms with van der Waals surface area (Å²) in [4.78, 5) is 20.4. The average molecular weight is 669 g/mol. The van der Waals surface area contributed by atoms with E-state index in [1.807, 2.05) is 44.6 Å². The summed E-state index contributed by atoms with van der Waals surface area (Å²) in [6, 6.07) is 19.5. The molecule has 1 fully saturated rings. The SMILES string of the molecule is CNS(=O)(=O)Cc1ccc2[nH]cc(CCN(C)C)c2c1.COc1cc(N)c(Cl)cc1C(=O)NC1CCN(Cc2ccccc2)CC1. The Morgan fingerprint density at radius 1 is 1.09 bits per heavy atom. The molecule has 0 unspecified atom stereocenters. The van der Waals surface area contributed by atoms with Crippen molar-refractivity contribution >= 4 is 44.1 Å². The molecule has 248 valence electrons. The predicted octanol–water partition coefficient (Wildman–Crippen LogP) is 4.65. The van der Waals surface area contributed by atoms with Gasteiger partial charge in [0, 0.05) is 55.4 Å². The minimum Gasteiger partial charge on any atom is -0.496 e. The first-order chi connectivity index (χ1) is 22.0. The lowest BCUT2D eigenvalue weighted by atomic mass is 10.0. The van der Waals surface area contributed by atoms with E-state index in [9.17, 15) is 13.2 Å². The number of likely N-dealkylation sites (tertiary alicyclic amines) is 1. The number of piperidine rings is 1.